The molecule has 88 valence electrons. The maximum atomic E-state index is 5.80. The minimum absolute atomic E-state index is 0.431. The zero-order valence-electron chi connectivity index (χ0n) is 10.3. The van der Waals surface area contributed by atoms with Crippen molar-refractivity contribution in [1.82, 2.24) is 0 Å². The van der Waals surface area contributed by atoms with Gasteiger partial charge in [-0.25, -0.2) is 0 Å². The van der Waals surface area contributed by atoms with E-state index in [0.717, 1.165) is 13.1 Å². The van der Waals surface area contributed by atoms with Crippen molar-refractivity contribution in [3.8, 4) is 0 Å². The average Bonchev–Trinajstić information content (AvgIpc) is 2.32. The highest BCUT2D eigenvalue weighted by atomic mass is 32.2. The van der Waals surface area contributed by atoms with E-state index in [1.165, 1.54) is 27.5 Å². The first-order chi connectivity index (χ1) is 7.65. The van der Waals surface area contributed by atoms with Gasteiger partial charge in [0.05, 0.1) is 5.69 Å². The second kappa shape index (κ2) is 4.68. The Morgan fingerprint density at radius 2 is 2.06 bits per heavy atom. The fraction of sp³-hybridized carbons (Fsp3) is 0.538. The van der Waals surface area contributed by atoms with Gasteiger partial charge in [-0.3, -0.25) is 0 Å². The molecule has 1 aliphatic rings. The van der Waals surface area contributed by atoms with E-state index in [-0.39, 0.29) is 0 Å². The molecule has 1 atom stereocenters. The highest BCUT2D eigenvalue weighted by molar-refractivity contribution is 7.99. The van der Waals surface area contributed by atoms with Crippen LogP contribution in [0.1, 0.15) is 18.1 Å². The number of anilines is 1. The van der Waals surface area contributed by atoms with Crippen molar-refractivity contribution < 1.29 is 0 Å². The molecule has 2 nitrogen and oxygen atoms in total. The minimum Gasteiger partial charge on any atom is -0.366 e. The first-order valence-corrected chi connectivity index (χ1v) is 6.83. The van der Waals surface area contributed by atoms with E-state index in [4.69, 9.17) is 5.73 Å². The summed E-state index contributed by atoms with van der Waals surface area (Å²) in [4.78, 5) is 3.92. The Morgan fingerprint density at radius 1 is 1.38 bits per heavy atom. The molecule has 1 aromatic rings. The predicted octanol–water partition coefficient (Wildman–Crippen LogP) is 2.56. The van der Waals surface area contributed by atoms with E-state index >= 15 is 0 Å². The van der Waals surface area contributed by atoms with Crippen molar-refractivity contribution in [2.75, 3.05) is 23.7 Å². The van der Waals surface area contributed by atoms with E-state index in [9.17, 15) is 0 Å². The van der Waals surface area contributed by atoms with Gasteiger partial charge >= 0.3 is 0 Å². The van der Waals surface area contributed by atoms with Gasteiger partial charge in [-0.1, -0.05) is 12.1 Å². The summed E-state index contributed by atoms with van der Waals surface area (Å²) in [5.74, 6) is 1.17. The minimum atomic E-state index is 0.431. The molecule has 0 aliphatic carbocycles. The summed E-state index contributed by atoms with van der Waals surface area (Å²) >= 11 is 1.98. The smallest absolute Gasteiger partial charge is 0.0539 e. The van der Waals surface area contributed by atoms with Gasteiger partial charge in [-0.2, -0.15) is 0 Å². The summed E-state index contributed by atoms with van der Waals surface area (Å²) in [7, 11) is 0. The number of thioether (sulfide) groups is 1. The van der Waals surface area contributed by atoms with E-state index in [1.807, 2.05) is 11.8 Å². The summed E-state index contributed by atoms with van der Waals surface area (Å²) in [6.45, 7) is 8.43. The molecule has 1 heterocycles. The first kappa shape index (κ1) is 11.8. The Labute approximate surface area is 102 Å². The van der Waals surface area contributed by atoms with Crippen molar-refractivity contribution in [2.45, 2.75) is 31.7 Å². The van der Waals surface area contributed by atoms with Crippen LogP contribution in [0.5, 0.6) is 0 Å². The molecule has 0 amide bonds. The molecule has 1 unspecified atom stereocenters. The molecule has 1 aromatic carbocycles. The van der Waals surface area contributed by atoms with E-state index in [1.54, 1.807) is 0 Å². The van der Waals surface area contributed by atoms with Crippen LogP contribution in [0.15, 0.2) is 17.0 Å². The van der Waals surface area contributed by atoms with Gasteiger partial charge in [0.25, 0.3) is 0 Å². The van der Waals surface area contributed by atoms with Gasteiger partial charge in [-0.05, 0) is 31.9 Å². The third-order valence-electron chi connectivity index (χ3n) is 3.27. The number of rotatable bonds is 2. The van der Waals surface area contributed by atoms with Gasteiger partial charge in [0.1, 0.15) is 0 Å². The molecule has 0 saturated carbocycles. The third-order valence-corrected chi connectivity index (χ3v) is 4.46. The number of nitrogens with zero attached hydrogens (tertiary/aromatic N) is 1. The van der Waals surface area contributed by atoms with Crippen LogP contribution < -0.4 is 10.6 Å². The van der Waals surface area contributed by atoms with Gasteiger partial charge < -0.3 is 10.6 Å². The van der Waals surface area contributed by atoms with Gasteiger partial charge in [0, 0.05) is 29.8 Å². The zero-order chi connectivity index (χ0) is 11.7. The molecule has 0 radical (unpaired) electrons. The van der Waals surface area contributed by atoms with Crippen LogP contribution in [0.3, 0.4) is 0 Å². The highest BCUT2D eigenvalue weighted by Gasteiger charge is 2.23. The van der Waals surface area contributed by atoms with Gasteiger partial charge in [0.15, 0.2) is 0 Å². The maximum Gasteiger partial charge on any atom is 0.0539 e. The molecule has 1 aliphatic heterocycles. The predicted molar refractivity (Wildman–Crippen MR) is 72.5 cm³/mol. The maximum absolute atomic E-state index is 5.80. The summed E-state index contributed by atoms with van der Waals surface area (Å²) in [6.07, 6.45) is 0. The lowest BCUT2D eigenvalue weighted by Crippen LogP contribution is -2.42. The number of hydrogen-bond donors (Lipinski definition) is 1. The van der Waals surface area contributed by atoms with Crippen LogP contribution in [0.4, 0.5) is 5.69 Å². The number of fused-ring (bicyclic) bond motifs is 1. The van der Waals surface area contributed by atoms with E-state index in [0.29, 0.717) is 6.04 Å². The number of hydrogen-bond acceptors (Lipinski definition) is 3. The molecule has 3 heteroatoms. The SMILES string of the molecule is Cc1ccc(C)c2c1SCCN2C(C)CN. The molecule has 16 heavy (non-hydrogen) atoms. The van der Waals surface area contributed by atoms with Crippen LogP contribution in [0.25, 0.3) is 0 Å². The highest BCUT2D eigenvalue weighted by Crippen LogP contribution is 2.40. The molecule has 0 saturated heterocycles. The quantitative estimate of drug-likeness (QED) is 0.855. The Kier molecular flexibility index (Phi) is 3.45. The van der Waals surface area contributed by atoms with Crippen molar-refractivity contribution in [3.63, 3.8) is 0 Å². The van der Waals surface area contributed by atoms with Crippen molar-refractivity contribution in [3.05, 3.63) is 23.3 Å². The van der Waals surface area contributed by atoms with Crippen LogP contribution >= 0.6 is 11.8 Å². The fourth-order valence-electron chi connectivity index (χ4n) is 2.24. The van der Waals surface area contributed by atoms with Crippen LogP contribution in [-0.4, -0.2) is 24.9 Å². The van der Waals surface area contributed by atoms with Gasteiger partial charge in [-0.15, -0.1) is 11.8 Å². The largest absolute Gasteiger partial charge is 0.366 e. The van der Waals surface area contributed by atoms with Crippen molar-refractivity contribution in [1.29, 1.82) is 0 Å². The lowest BCUT2D eigenvalue weighted by molar-refractivity contribution is 0.648. The van der Waals surface area contributed by atoms with E-state index in [2.05, 4.69) is 37.8 Å². The van der Waals surface area contributed by atoms with E-state index < -0.39 is 0 Å². The second-order valence-corrected chi connectivity index (χ2v) is 5.61. The molecular weight excluding hydrogens is 216 g/mol. The van der Waals surface area contributed by atoms with Gasteiger partial charge in [0.2, 0.25) is 0 Å². The van der Waals surface area contributed by atoms with Crippen LogP contribution in [0, 0.1) is 13.8 Å². The number of aryl methyl sites for hydroxylation is 2. The first-order valence-electron chi connectivity index (χ1n) is 5.85. The fourth-order valence-corrected chi connectivity index (χ4v) is 3.44. The summed E-state index contributed by atoms with van der Waals surface area (Å²) in [5.41, 5.74) is 9.97. The number of nitrogens with two attached hydrogens (primary N) is 1. The standard InChI is InChI=1S/C13H20N2S/c1-9-4-5-10(2)13-12(9)15(6-7-16-13)11(3)8-14/h4-5,11H,6-8,14H2,1-3H3. The molecule has 0 bridgehead atoms. The molecular formula is C13H20N2S. The topological polar surface area (TPSA) is 29.3 Å². The average molecular weight is 236 g/mol. The molecule has 2 N–H and O–H groups in total. The summed E-state index contributed by atoms with van der Waals surface area (Å²) in [5, 5.41) is 0. The Morgan fingerprint density at radius 3 is 2.75 bits per heavy atom. The molecule has 0 spiro atoms. The molecule has 0 aromatic heterocycles. The number of benzene rings is 1. The van der Waals surface area contributed by atoms with Crippen LogP contribution in [0.2, 0.25) is 0 Å². The lowest BCUT2D eigenvalue weighted by atomic mass is 10.1. The Bertz CT molecular complexity index is 390. The Hall–Kier alpha value is -0.670. The van der Waals surface area contributed by atoms with Crippen LogP contribution in [-0.2, 0) is 0 Å². The summed E-state index contributed by atoms with van der Waals surface area (Å²) < 4.78 is 0. The third kappa shape index (κ3) is 1.94. The molecule has 2 rings (SSSR count). The molecule has 0 fully saturated rings. The summed E-state index contributed by atoms with van der Waals surface area (Å²) in [6, 6.07) is 4.87. The monoisotopic (exact) mass is 236 g/mol. The lowest BCUT2D eigenvalue weighted by Gasteiger charge is -2.37. The normalized spacial score (nSPS) is 17.1. The Balaban J connectivity index is 2.48. The van der Waals surface area contributed by atoms with Crippen molar-refractivity contribution >= 4 is 17.4 Å². The second-order valence-electron chi connectivity index (χ2n) is 4.50. The van der Waals surface area contributed by atoms with Crippen molar-refractivity contribution in [2.24, 2.45) is 5.73 Å². The zero-order valence-corrected chi connectivity index (χ0v) is 11.1.